The van der Waals surface area contributed by atoms with Crippen LogP contribution in [0, 0.1) is 5.92 Å². The molecule has 1 aromatic heterocycles. The second-order valence-electron chi connectivity index (χ2n) is 5.70. The van der Waals surface area contributed by atoms with Crippen molar-refractivity contribution in [2.75, 3.05) is 0 Å². The van der Waals surface area contributed by atoms with Gasteiger partial charge in [0.1, 0.15) is 0 Å². The second kappa shape index (κ2) is 4.52. The summed E-state index contributed by atoms with van der Waals surface area (Å²) >= 11 is 0. The molecule has 1 unspecified atom stereocenters. The number of carbonyl (C=O) groups excluding carboxylic acids is 1. The predicted octanol–water partition coefficient (Wildman–Crippen LogP) is 4.28. The average Bonchev–Trinajstić information content (AvgIpc) is 2.82. The van der Waals surface area contributed by atoms with Crippen molar-refractivity contribution < 1.29 is 4.79 Å². The molecule has 21 heavy (non-hydrogen) atoms. The van der Waals surface area contributed by atoms with Crippen LogP contribution in [0.2, 0.25) is 0 Å². The maximum Gasteiger partial charge on any atom is 0.166 e. The average molecular weight is 273 g/mol. The molecule has 4 rings (SSSR count). The number of nitrogens with zero attached hydrogens (tertiary/aromatic N) is 1. The normalized spacial score (nSPS) is 17.2. The van der Waals surface area contributed by atoms with Crippen molar-refractivity contribution >= 4 is 16.7 Å². The van der Waals surface area contributed by atoms with Crippen LogP contribution in [0.1, 0.15) is 22.8 Å². The Kier molecular flexibility index (Phi) is 2.64. The Morgan fingerprint density at radius 1 is 1.00 bits per heavy atom. The molecule has 1 aliphatic carbocycles. The van der Waals surface area contributed by atoms with Gasteiger partial charge < -0.3 is 0 Å². The van der Waals surface area contributed by atoms with Crippen LogP contribution in [0.4, 0.5) is 0 Å². The van der Waals surface area contributed by atoms with Gasteiger partial charge in [0.15, 0.2) is 5.78 Å². The predicted molar refractivity (Wildman–Crippen MR) is 84.4 cm³/mol. The lowest BCUT2D eigenvalue weighted by molar-refractivity contribution is 0.0947. The first-order valence-corrected chi connectivity index (χ1v) is 7.26. The molecule has 0 spiro atoms. The summed E-state index contributed by atoms with van der Waals surface area (Å²) in [6.07, 6.45) is 0.843. The third kappa shape index (κ3) is 1.87. The van der Waals surface area contributed by atoms with Crippen LogP contribution in [0.3, 0.4) is 0 Å². The van der Waals surface area contributed by atoms with Crippen LogP contribution in [-0.2, 0) is 6.42 Å². The molecule has 0 fully saturated rings. The molecule has 0 saturated carbocycles. The minimum absolute atomic E-state index is 0.0848. The van der Waals surface area contributed by atoms with Gasteiger partial charge in [-0.15, -0.1) is 0 Å². The Labute approximate surface area is 123 Å². The SMILES string of the molecule is CC1Cc2cccc(-c3ccc4ccccc4n3)c2C1=O. The molecule has 0 saturated heterocycles. The number of benzene rings is 2. The van der Waals surface area contributed by atoms with Crippen molar-refractivity contribution in [1.29, 1.82) is 0 Å². The molecule has 0 bridgehead atoms. The lowest BCUT2D eigenvalue weighted by atomic mass is 9.99. The number of ketones is 1. The van der Waals surface area contributed by atoms with Gasteiger partial charge in [-0.1, -0.05) is 49.4 Å². The molecule has 0 aliphatic heterocycles. The summed E-state index contributed by atoms with van der Waals surface area (Å²) in [5, 5.41) is 1.12. The molecule has 2 nitrogen and oxygen atoms in total. The molecule has 1 atom stereocenters. The Hall–Kier alpha value is -2.48. The Morgan fingerprint density at radius 3 is 2.76 bits per heavy atom. The zero-order valence-corrected chi connectivity index (χ0v) is 11.8. The highest BCUT2D eigenvalue weighted by Gasteiger charge is 2.29. The van der Waals surface area contributed by atoms with Crippen LogP contribution in [0.15, 0.2) is 54.6 Å². The molecule has 0 radical (unpaired) electrons. The van der Waals surface area contributed by atoms with Crippen LogP contribution >= 0.6 is 0 Å². The Balaban J connectivity index is 1.94. The number of fused-ring (bicyclic) bond motifs is 2. The fourth-order valence-electron chi connectivity index (χ4n) is 3.16. The summed E-state index contributed by atoms with van der Waals surface area (Å²) in [6.45, 7) is 2.00. The van der Waals surface area contributed by atoms with Crippen LogP contribution in [0.25, 0.3) is 22.2 Å². The van der Waals surface area contributed by atoms with E-state index in [1.807, 2.05) is 43.3 Å². The van der Waals surface area contributed by atoms with E-state index >= 15 is 0 Å². The van der Waals surface area contributed by atoms with Gasteiger partial charge in [0.25, 0.3) is 0 Å². The summed E-state index contributed by atoms with van der Waals surface area (Å²) in [4.78, 5) is 17.2. The van der Waals surface area contributed by atoms with Gasteiger partial charge in [0.05, 0.1) is 11.2 Å². The van der Waals surface area contributed by atoms with E-state index in [0.29, 0.717) is 0 Å². The summed E-state index contributed by atoms with van der Waals surface area (Å²) < 4.78 is 0. The van der Waals surface area contributed by atoms with E-state index in [-0.39, 0.29) is 11.7 Å². The van der Waals surface area contributed by atoms with Crippen LogP contribution < -0.4 is 0 Å². The lowest BCUT2D eigenvalue weighted by Crippen LogP contribution is -2.04. The zero-order chi connectivity index (χ0) is 14.4. The van der Waals surface area contributed by atoms with Gasteiger partial charge >= 0.3 is 0 Å². The molecule has 1 aliphatic rings. The van der Waals surface area contributed by atoms with Gasteiger partial charge in [0.2, 0.25) is 0 Å². The van der Waals surface area contributed by atoms with E-state index < -0.39 is 0 Å². The molecule has 2 heteroatoms. The number of carbonyl (C=O) groups is 1. The highest BCUT2D eigenvalue weighted by Crippen LogP contribution is 2.34. The van der Waals surface area contributed by atoms with Crippen molar-refractivity contribution in [2.45, 2.75) is 13.3 Å². The van der Waals surface area contributed by atoms with E-state index in [4.69, 9.17) is 4.98 Å². The first kappa shape index (κ1) is 12.3. The van der Waals surface area contributed by atoms with Gasteiger partial charge in [-0.25, -0.2) is 4.98 Å². The second-order valence-corrected chi connectivity index (χ2v) is 5.70. The maximum atomic E-state index is 12.4. The highest BCUT2D eigenvalue weighted by atomic mass is 16.1. The van der Waals surface area contributed by atoms with E-state index in [9.17, 15) is 4.79 Å². The first-order valence-electron chi connectivity index (χ1n) is 7.26. The van der Waals surface area contributed by atoms with Crippen molar-refractivity contribution in [3.63, 3.8) is 0 Å². The number of aromatic nitrogens is 1. The lowest BCUT2D eigenvalue weighted by Gasteiger charge is -2.08. The van der Waals surface area contributed by atoms with Crippen molar-refractivity contribution in [3.05, 3.63) is 65.7 Å². The number of pyridine rings is 1. The minimum atomic E-state index is 0.0848. The standard InChI is InChI=1S/C19H15NO/c1-12-11-14-6-4-7-15(18(14)19(12)21)17-10-9-13-5-2-3-8-16(13)20-17/h2-10,12H,11H2,1H3. The maximum absolute atomic E-state index is 12.4. The molecule has 3 aromatic rings. The van der Waals surface area contributed by atoms with Crippen LogP contribution in [-0.4, -0.2) is 10.8 Å². The van der Waals surface area contributed by atoms with E-state index in [1.165, 1.54) is 0 Å². The van der Waals surface area contributed by atoms with E-state index in [2.05, 4.69) is 18.2 Å². The van der Waals surface area contributed by atoms with Gasteiger partial charge in [-0.3, -0.25) is 4.79 Å². The van der Waals surface area contributed by atoms with Crippen molar-refractivity contribution in [2.24, 2.45) is 5.92 Å². The number of para-hydroxylation sites is 1. The molecule has 1 heterocycles. The minimum Gasteiger partial charge on any atom is -0.294 e. The number of Topliss-reactive ketones (excluding diaryl/α,β-unsaturated/α-hetero) is 1. The summed E-state index contributed by atoms with van der Waals surface area (Å²) in [7, 11) is 0. The quantitative estimate of drug-likeness (QED) is 0.662. The molecule has 0 N–H and O–H groups in total. The fourth-order valence-corrected chi connectivity index (χ4v) is 3.16. The first-order chi connectivity index (χ1) is 10.2. The smallest absolute Gasteiger partial charge is 0.166 e. The van der Waals surface area contributed by atoms with Crippen molar-refractivity contribution in [3.8, 4) is 11.3 Å². The zero-order valence-electron chi connectivity index (χ0n) is 11.8. The van der Waals surface area contributed by atoms with Gasteiger partial charge in [0, 0.05) is 22.4 Å². The third-order valence-corrected chi connectivity index (χ3v) is 4.25. The van der Waals surface area contributed by atoms with Gasteiger partial charge in [-0.2, -0.15) is 0 Å². The summed E-state index contributed by atoms with van der Waals surface area (Å²) in [5.74, 6) is 0.331. The Morgan fingerprint density at radius 2 is 1.86 bits per heavy atom. The molecular weight excluding hydrogens is 258 g/mol. The summed E-state index contributed by atoms with van der Waals surface area (Å²) in [5.41, 5.74) is 4.83. The fraction of sp³-hybridized carbons (Fsp3) is 0.158. The topological polar surface area (TPSA) is 30.0 Å². The monoisotopic (exact) mass is 273 g/mol. The number of hydrogen-bond donors (Lipinski definition) is 0. The molecule has 0 amide bonds. The molecule has 2 aromatic carbocycles. The van der Waals surface area contributed by atoms with Crippen LogP contribution in [0.5, 0.6) is 0 Å². The third-order valence-electron chi connectivity index (χ3n) is 4.25. The van der Waals surface area contributed by atoms with Gasteiger partial charge in [-0.05, 0) is 24.1 Å². The summed E-state index contributed by atoms with van der Waals surface area (Å²) in [6, 6.07) is 18.2. The highest BCUT2D eigenvalue weighted by molar-refractivity contribution is 6.07. The van der Waals surface area contributed by atoms with E-state index in [0.717, 1.165) is 39.7 Å². The largest absolute Gasteiger partial charge is 0.294 e. The number of hydrogen-bond acceptors (Lipinski definition) is 2. The number of rotatable bonds is 1. The van der Waals surface area contributed by atoms with Crippen molar-refractivity contribution in [1.82, 2.24) is 4.98 Å². The Bertz CT molecular complexity index is 866. The van der Waals surface area contributed by atoms with E-state index in [1.54, 1.807) is 0 Å². The molecule has 102 valence electrons. The molecular formula is C19H15NO.